The first kappa shape index (κ1) is 14.6. The number of aryl methyl sites for hydroxylation is 1. The van der Waals surface area contributed by atoms with Gasteiger partial charge in [-0.15, -0.1) is 0 Å². The Kier molecular flexibility index (Phi) is 4.45. The highest BCUT2D eigenvalue weighted by molar-refractivity contribution is 5.65. The zero-order chi connectivity index (χ0) is 14.7. The Balaban J connectivity index is 2.45. The van der Waals surface area contributed by atoms with E-state index in [1.165, 1.54) is 5.56 Å². The quantitative estimate of drug-likeness (QED) is 0.880. The molecular formula is C16H23N3O. The monoisotopic (exact) mass is 273 g/mol. The first-order valence-electron chi connectivity index (χ1n) is 7.00. The fourth-order valence-corrected chi connectivity index (χ4v) is 2.39. The summed E-state index contributed by atoms with van der Waals surface area (Å²) in [5.41, 5.74) is 9.98. The molecule has 2 rings (SSSR count). The smallest absolute Gasteiger partial charge is 0.122 e. The number of methoxy groups -OCH3 is 1. The molecule has 0 saturated carbocycles. The predicted molar refractivity (Wildman–Crippen MR) is 82.2 cm³/mol. The molecule has 1 aromatic carbocycles. The minimum atomic E-state index is 0.410. The van der Waals surface area contributed by atoms with E-state index < -0.39 is 0 Å². The number of benzene rings is 1. The first-order valence-corrected chi connectivity index (χ1v) is 7.00. The molecule has 4 heteroatoms. The second-order valence-corrected chi connectivity index (χ2v) is 5.31. The lowest BCUT2D eigenvalue weighted by atomic mass is 9.98. The molecule has 4 nitrogen and oxygen atoms in total. The van der Waals surface area contributed by atoms with Crippen LogP contribution in [0.5, 0.6) is 5.75 Å². The van der Waals surface area contributed by atoms with Crippen molar-refractivity contribution < 1.29 is 4.74 Å². The predicted octanol–water partition coefficient (Wildman–Crippen LogP) is 3.02. The number of nitrogens with one attached hydrogen (secondary N) is 1. The summed E-state index contributed by atoms with van der Waals surface area (Å²) in [6.07, 6.45) is 0.772. The largest absolute Gasteiger partial charge is 0.496 e. The van der Waals surface area contributed by atoms with Gasteiger partial charge in [-0.1, -0.05) is 13.8 Å². The lowest BCUT2D eigenvalue weighted by Gasteiger charge is -2.13. The summed E-state index contributed by atoms with van der Waals surface area (Å²) >= 11 is 0. The number of ether oxygens (including phenoxy) is 1. The lowest BCUT2D eigenvalue weighted by Crippen LogP contribution is -2.03. The maximum atomic E-state index is 5.58. The van der Waals surface area contributed by atoms with Crippen molar-refractivity contribution in [3.8, 4) is 17.0 Å². The van der Waals surface area contributed by atoms with Gasteiger partial charge in [-0.3, -0.25) is 0 Å². The van der Waals surface area contributed by atoms with Gasteiger partial charge < -0.3 is 15.5 Å². The van der Waals surface area contributed by atoms with Gasteiger partial charge in [0, 0.05) is 17.7 Å². The number of nitrogens with two attached hydrogens (primary N) is 1. The van der Waals surface area contributed by atoms with Crippen LogP contribution in [0.3, 0.4) is 0 Å². The third-order valence-electron chi connectivity index (χ3n) is 3.44. The van der Waals surface area contributed by atoms with E-state index >= 15 is 0 Å². The fraction of sp³-hybridized carbons (Fsp3) is 0.438. The van der Waals surface area contributed by atoms with Crippen LogP contribution in [0.2, 0.25) is 0 Å². The Morgan fingerprint density at radius 3 is 2.70 bits per heavy atom. The van der Waals surface area contributed by atoms with Gasteiger partial charge >= 0.3 is 0 Å². The number of aromatic nitrogens is 2. The summed E-state index contributed by atoms with van der Waals surface area (Å²) in [6.45, 7) is 6.98. The summed E-state index contributed by atoms with van der Waals surface area (Å²) in [4.78, 5) is 7.95. The number of hydrogen-bond acceptors (Lipinski definition) is 3. The second kappa shape index (κ2) is 6.09. The molecule has 0 fully saturated rings. The van der Waals surface area contributed by atoms with Crippen LogP contribution in [0.1, 0.15) is 36.8 Å². The van der Waals surface area contributed by atoms with Crippen molar-refractivity contribution in [1.29, 1.82) is 0 Å². The van der Waals surface area contributed by atoms with E-state index in [0.717, 1.165) is 34.9 Å². The van der Waals surface area contributed by atoms with E-state index in [1.54, 1.807) is 7.11 Å². The second-order valence-electron chi connectivity index (χ2n) is 5.31. The third kappa shape index (κ3) is 2.85. The number of nitrogens with zero attached hydrogens (tertiary/aromatic N) is 1. The Labute approximate surface area is 120 Å². The molecule has 0 saturated heterocycles. The molecule has 0 atom stereocenters. The number of hydrogen-bond donors (Lipinski definition) is 2. The van der Waals surface area contributed by atoms with Gasteiger partial charge in [0.25, 0.3) is 0 Å². The lowest BCUT2D eigenvalue weighted by molar-refractivity contribution is 0.407. The van der Waals surface area contributed by atoms with Crippen molar-refractivity contribution in [1.82, 2.24) is 9.97 Å². The summed E-state index contributed by atoms with van der Waals surface area (Å²) in [5, 5.41) is 0. The molecule has 3 N–H and O–H groups in total. The van der Waals surface area contributed by atoms with Crippen LogP contribution in [0.4, 0.5) is 0 Å². The number of rotatable bonds is 5. The van der Waals surface area contributed by atoms with E-state index in [4.69, 9.17) is 10.5 Å². The highest BCUT2D eigenvalue weighted by Crippen LogP contribution is 2.31. The highest BCUT2D eigenvalue weighted by Gasteiger charge is 2.13. The minimum Gasteiger partial charge on any atom is -0.496 e. The SMILES string of the molecule is COc1ccc(-c2nc(CCN)[nH]c2C)cc1C(C)C. The molecule has 0 radical (unpaired) electrons. The normalized spacial score (nSPS) is 11.1. The molecule has 0 unspecified atom stereocenters. The van der Waals surface area contributed by atoms with Crippen molar-refractivity contribution in [2.75, 3.05) is 13.7 Å². The zero-order valence-electron chi connectivity index (χ0n) is 12.7. The van der Waals surface area contributed by atoms with Crippen molar-refractivity contribution in [2.45, 2.75) is 33.1 Å². The van der Waals surface area contributed by atoms with Crippen LogP contribution < -0.4 is 10.5 Å². The minimum absolute atomic E-state index is 0.410. The molecule has 0 amide bonds. The van der Waals surface area contributed by atoms with Gasteiger partial charge in [-0.05, 0) is 43.1 Å². The molecule has 20 heavy (non-hydrogen) atoms. The summed E-state index contributed by atoms with van der Waals surface area (Å²) < 4.78 is 5.43. The summed E-state index contributed by atoms with van der Waals surface area (Å²) in [5.74, 6) is 2.29. The van der Waals surface area contributed by atoms with Crippen molar-refractivity contribution in [3.63, 3.8) is 0 Å². The molecule has 1 aromatic heterocycles. The van der Waals surface area contributed by atoms with Crippen LogP contribution >= 0.6 is 0 Å². The molecule has 0 spiro atoms. The number of aromatic amines is 1. The molecule has 108 valence electrons. The molecule has 0 aliphatic carbocycles. The Morgan fingerprint density at radius 2 is 2.10 bits per heavy atom. The van der Waals surface area contributed by atoms with E-state index in [9.17, 15) is 0 Å². The average molecular weight is 273 g/mol. The van der Waals surface area contributed by atoms with Crippen LogP contribution in [-0.2, 0) is 6.42 Å². The molecule has 2 aromatic rings. The maximum Gasteiger partial charge on any atom is 0.122 e. The molecule has 0 aliphatic heterocycles. The van der Waals surface area contributed by atoms with Crippen LogP contribution in [0.25, 0.3) is 11.3 Å². The molecule has 1 heterocycles. The Morgan fingerprint density at radius 1 is 1.35 bits per heavy atom. The highest BCUT2D eigenvalue weighted by atomic mass is 16.5. The van der Waals surface area contributed by atoms with Gasteiger partial charge in [-0.25, -0.2) is 4.98 Å². The van der Waals surface area contributed by atoms with Gasteiger partial charge in [0.15, 0.2) is 0 Å². The van der Waals surface area contributed by atoms with Crippen molar-refractivity contribution in [2.24, 2.45) is 5.73 Å². The summed E-state index contributed by atoms with van der Waals surface area (Å²) in [6, 6.07) is 6.24. The fourth-order valence-electron chi connectivity index (χ4n) is 2.39. The van der Waals surface area contributed by atoms with Gasteiger partial charge in [0.05, 0.1) is 12.8 Å². The van der Waals surface area contributed by atoms with Gasteiger partial charge in [0.2, 0.25) is 0 Å². The van der Waals surface area contributed by atoms with E-state index in [0.29, 0.717) is 12.5 Å². The van der Waals surface area contributed by atoms with Gasteiger partial charge in [0.1, 0.15) is 11.6 Å². The topological polar surface area (TPSA) is 63.9 Å². The van der Waals surface area contributed by atoms with Crippen LogP contribution in [-0.4, -0.2) is 23.6 Å². The zero-order valence-corrected chi connectivity index (χ0v) is 12.7. The first-order chi connectivity index (χ1) is 9.56. The van der Waals surface area contributed by atoms with Crippen LogP contribution in [0, 0.1) is 6.92 Å². The third-order valence-corrected chi connectivity index (χ3v) is 3.44. The van der Waals surface area contributed by atoms with E-state index in [2.05, 4.69) is 35.9 Å². The van der Waals surface area contributed by atoms with Gasteiger partial charge in [-0.2, -0.15) is 0 Å². The molecule has 0 aliphatic rings. The molecule has 0 bridgehead atoms. The van der Waals surface area contributed by atoms with Crippen LogP contribution in [0.15, 0.2) is 18.2 Å². The van der Waals surface area contributed by atoms with E-state index in [1.807, 2.05) is 13.0 Å². The van der Waals surface area contributed by atoms with Crippen molar-refractivity contribution in [3.05, 3.63) is 35.3 Å². The Bertz CT molecular complexity index is 587. The van der Waals surface area contributed by atoms with Crippen molar-refractivity contribution >= 4 is 0 Å². The Hall–Kier alpha value is -1.81. The number of imidazole rings is 1. The number of H-pyrrole nitrogens is 1. The molecular weight excluding hydrogens is 250 g/mol. The standard InChI is InChI=1S/C16H23N3O/c1-10(2)13-9-12(5-6-14(13)20-4)16-11(3)18-15(19-16)7-8-17/h5-6,9-10H,7-8,17H2,1-4H3,(H,18,19). The maximum absolute atomic E-state index is 5.58. The van der Waals surface area contributed by atoms with E-state index in [-0.39, 0.29) is 0 Å². The average Bonchev–Trinajstić information content (AvgIpc) is 2.79. The summed E-state index contributed by atoms with van der Waals surface area (Å²) in [7, 11) is 1.71.